The second-order valence-electron chi connectivity index (χ2n) is 5.42. The highest BCUT2D eigenvalue weighted by Crippen LogP contribution is 2.36. The second kappa shape index (κ2) is 9.01. The molecule has 0 aliphatic heterocycles. The van der Waals surface area contributed by atoms with Gasteiger partial charge < -0.3 is 9.47 Å². The van der Waals surface area contributed by atoms with Gasteiger partial charge in [-0.05, 0) is 49.7 Å². The molecule has 0 radical (unpaired) electrons. The van der Waals surface area contributed by atoms with Crippen LogP contribution in [0.1, 0.15) is 50.9 Å². The number of rotatable bonds is 8. The van der Waals surface area contributed by atoms with Gasteiger partial charge in [-0.1, -0.05) is 25.4 Å². The number of hydrogen-bond donors (Lipinski definition) is 1. The molecule has 1 aromatic heterocycles. The third-order valence-corrected chi connectivity index (χ3v) is 4.43. The van der Waals surface area contributed by atoms with Crippen LogP contribution in [0, 0.1) is 4.77 Å². The molecule has 0 atom stereocenters. The number of halogens is 1. The van der Waals surface area contributed by atoms with Gasteiger partial charge in [0.15, 0.2) is 17.3 Å². The zero-order valence-electron chi connectivity index (χ0n) is 14.9. The first kappa shape index (κ1) is 19.5. The Morgan fingerprint density at radius 2 is 2.08 bits per heavy atom. The van der Waals surface area contributed by atoms with Crippen molar-refractivity contribution in [3.8, 4) is 11.5 Å². The molecule has 0 saturated heterocycles. The van der Waals surface area contributed by atoms with Gasteiger partial charge in [-0.2, -0.15) is 14.9 Å². The van der Waals surface area contributed by atoms with E-state index in [0.29, 0.717) is 33.8 Å². The topological polar surface area (TPSA) is 64.4 Å². The van der Waals surface area contributed by atoms with Crippen LogP contribution in [-0.2, 0) is 0 Å². The maximum absolute atomic E-state index is 6.28. The number of nitrogens with one attached hydrogen (secondary N) is 1. The van der Waals surface area contributed by atoms with E-state index >= 15 is 0 Å². The predicted octanol–water partition coefficient (Wildman–Crippen LogP) is 4.79. The van der Waals surface area contributed by atoms with Crippen molar-refractivity contribution in [2.75, 3.05) is 13.7 Å². The van der Waals surface area contributed by atoms with Crippen LogP contribution in [0.4, 0.5) is 0 Å². The molecule has 1 aromatic carbocycles. The smallest absolute Gasteiger partial charge is 0.216 e. The molecule has 136 valence electrons. The van der Waals surface area contributed by atoms with Crippen LogP contribution in [0.15, 0.2) is 17.2 Å². The third kappa shape index (κ3) is 4.41. The molecule has 0 aliphatic rings. The lowest BCUT2D eigenvalue weighted by atomic mass is 10.0. The van der Waals surface area contributed by atoms with Crippen molar-refractivity contribution in [3.63, 3.8) is 0 Å². The average molecular weight is 383 g/mol. The van der Waals surface area contributed by atoms with E-state index < -0.39 is 0 Å². The van der Waals surface area contributed by atoms with Gasteiger partial charge >= 0.3 is 0 Å². The first-order valence-electron chi connectivity index (χ1n) is 8.27. The van der Waals surface area contributed by atoms with Crippen molar-refractivity contribution in [2.24, 2.45) is 5.10 Å². The SMILES string of the molecule is CCOc1cc(/C=N\n2c(C(CC)CC)n[nH]c2=S)cc(Cl)c1OC. The maximum atomic E-state index is 6.28. The minimum atomic E-state index is 0.295. The van der Waals surface area contributed by atoms with E-state index in [0.717, 1.165) is 24.2 Å². The molecule has 0 amide bonds. The Bertz CT molecular complexity index is 796. The van der Waals surface area contributed by atoms with Gasteiger partial charge in [-0.3, -0.25) is 5.10 Å². The molecule has 0 unspecified atom stereocenters. The summed E-state index contributed by atoms with van der Waals surface area (Å²) in [6, 6.07) is 3.60. The summed E-state index contributed by atoms with van der Waals surface area (Å²) < 4.78 is 13.0. The minimum Gasteiger partial charge on any atom is -0.491 e. The standard InChI is InChI=1S/C17H23ClN4O2S/c1-5-12(6-2)16-20-21-17(25)22(16)19-10-11-8-13(18)15(23-4)14(9-11)24-7-3/h8-10,12H,5-7H2,1-4H3,(H,21,25)/b19-10-. The van der Waals surface area contributed by atoms with Crippen molar-refractivity contribution in [1.82, 2.24) is 14.9 Å². The van der Waals surface area contributed by atoms with Crippen LogP contribution in [-0.4, -0.2) is 34.8 Å². The zero-order valence-corrected chi connectivity index (χ0v) is 16.4. The zero-order chi connectivity index (χ0) is 18.4. The monoisotopic (exact) mass is 382 g/mol. The Labute approximate surface area is 157 Å². The number of ether oxygens (including phenoxy) is 2. The van der Waals surface area contributed by atoms with Gasteiger partial charge in [-0.15, -0.1) is 0 Å². The molecule has 2 rings (SSSR count). The Morgan fingerprint density at radius 3 is 2.68 bits per heavy atom. The van der Waals surface area contributed by atoms with E-state index in [9.17, 15) is 0 Å². The average Bonchev–Trinajstić information content (AvgIpc) is 2.95. The lowest BCUT2D eigenvalue weighted by Gasteiger charge is -2.12. The van der Waals surface area contributed by atoms with Crippen LogP contribution in [0.2, 0.25) is 5.02 Å². The van der Waals surface area contributed by atoms with Crippen LogP contribution in [0.3, 0.4) is 0 Å². The highest BCUT2D eigenvalue weighted by atomic mass is 35.5. The number of aromatic amines is 1. The van der Waals surface area contributed by atoms with E-state index in [1.807, 2.05) is 13.0 Å². The maximum Gasteiger partial charge on any atom is 0.216 e. The molecule has 8 heteroatoms. The van der Waals surface area contributed by atoms with Gasteiger partial charge in [0.25, 0.3) is 0 Å². The van der Waals surface area contributed by atoms with Crippen molar-refractivity contribution in [1.29, 1.82) is 0 Å². The van der Waals surface area contributed by atoms with Crippen LogP contribution in [0.5, 0.6) is 11.5 Å². The van der Waals surface area contributed by atoms with Crippen LogP contribution < -0.4 is 9.47 Å². The molecule has 25 heavy (non-hydrogen) atoms. The number of hydrogen-bond acceptors (Lipinski definition) is 5. The summed E-state index contributed by atoms with van der Waals surface area (Å²) in [6.45, 7) is 6.66. The number of aromatic nitrogens is 3. The first-order valence-corrected chi connectivity index (χ1v) is 9.06. The molecule has 2 aromatic rings. The van der Waals surface area contributed by atoms with Crippen molar-refractivity contribution >= 4 is 30.0 Å². The summed E-state index contributed by atoms with van der Waals surface area (Å²) in [5.41, 5.74) is 0.785. The fourth-order valence-electron chi connectivity index (χ4n) is 2.58. The van der Waals surface area contributed by atoms with E-state index in [4.69, 9.17) is 33.3 Å². The molecule has 1 N–H and O–H groups in total. The highest BCUT2D eigenvalue weighted by molar-refractivity contribution is 7.71. The molecular formula is C17H23ClN4O2S. The number of benzene rings is 1. The summed E-state index contributed by atoms with van der Waals surface area (Å²) in [4.78, 5) is 0. The first-order chi connectivity index (χ1) is 12.0. The van der Waals surface area contributed by atoms with E-state index in [-0.39, 0.29) is 0 Å². The number of methoxy groups -OCH3 is 1. The van der Waals surface area contributed by atoms with Gasteiger partial charge in [0, 0.05) is 5.92 Å². The van der Waals surface area contributed by atoms with Gasteiger partial charge in [0.1, 0.15) is 0 Å². The quantitative estimate of drug-likeness (QED) is 0.526. The summed E-state index contributed by atoms with van der Waals surface area (Å²) in [6.07, 6.45) is 3.62. The summed E-state index contributed by atoms with van der Waals surface area (Å²) in [7, 11) is 1.56. The Hall–Kier alpha value is -1.86. The van der Waals surface area contributed by atoms with Gasteiger partial charge in [-0.25, -0.2) is 0 Å². The van der Waals surface area contributed by atoms with E-state index in [1.165, 1.54) is 0 Å². The van der Waals surface area contributed by atoms with Crippen LogP contribution in [0.25, 0.3) is 0 Å². The molecule has 0 saturated carbocycles. The molecule has 0 spiro atoms. The Balaban J connectivity index is 2.40. The fourth-order valence-corrected chi connectivity index (χ4v) is 3.06. The number of H-pyrrole nitrogens is 1. The van der Waals surface area contributed by atoms with Gasteiger partial charge in [0.05, 0.1) is 25.0 Å². The predicted molar refractivity (Wildman–Crippen MR) is 103 cm³/mol. The number of nitrogens with zero attached hydrogens (tertiary/aromatic N) is 3. The van der Waals surface area contributed by atoms with Crippen molar-refractivity contribution < 1.29 is 9.47 Å². The van der Waals surface area contributed by atoms with E-state index in [2.05, 4.69) is 29.1 Å². The molecular weight excluding hydrogens is 360 g/mol. The largest absolute Gasteiger partial charge is 0.491 e. The normalized spacial score (nSPS) is 11.4. The highest BCUT2D eigenvalue weighted by Gasteiger charge is 2.15. The second-order valence-corrected chi connectivity index (χ2v) is 6.22. The third-order valence-electron chi connectivity index (χ3n) is 3.88. The Kier molecular flexibility index (Phi) is 7.01. The molecule has 0 aliphatic carbocycles. The Morgan fingerprint density at radius 1 is 1.36 bits per heavy atom. The van der Waals surface area contributed by atoms with Crippen LogP contribution >= 0.6 is 23.8 Å². The lowest BCUT2D eigenvalue weighted by Crippen LogP contribution is -2.05. The summed E-state index contributed by atoms with van der Waals surface area (Å²) >= 11 is 11.6. The molecule has 6 nitrogen and oxygen atoms in total. The van der Waals surface area contributed by atoms with Crippen molar-refractivity contribution in [2.45, 2.75) is 39.5 Å². The summed E-state index contributed by atoms with van der Waals surface area (Å²) in [5, 5.41) is 12.1. The fraction of sp³-hybridized carbons (Fsp3) is 0.471. The molecule has 1 heterocycles. The van der Waals surface area contributed by atoms with Crippen molar-refractivity contribution in [3.05, 3.63) is 33.3 Å². The molecule has 0 fully saturated rings. The summed E-state index contributed by atoms with van der Waals surface area (Å²) in [5.74, 6) is 2.22. The lowest BCUT2D eigenvalue weighted by molar-refractivity contribution is 0.311. The minimum absolute atomic E-state index is 0.295. The van der Waals surface area contributed by atoms with E-state index in [1.54, 1.807) is 24.1 Å². The van der Waals surface area contributed by atoms with Gasteiger partial charge in [0.2, 0.25) is 4.77 Å². The molecule has 0 bridgehead atoms.